The van der Waals surface area contributed by atoms with Gasteiger partial charge in [-0.1, -0.05) is 54.6 Å². The number of ether oxygens (including phenoxy) is 1. The maximum atomic E-state index is 13.4. The van der Waals surface area contributed by atoms with Crippen LogP contribution >= 0.6 is 0 Å². The van der Waals surface area contributed by atoms with Crippen LogP contribution in [0.5, 0.6) is 0 Å². The Bertz CT molecular complexity index is 799. The molecule has 2 heterocycles. The second kappa shape index (κ2) is 10.7. The van der Waals surface area contributed by atoms with Crippen molar-refractivity contribution in [2.75, 3.05) is 39.4 Å². The van der Waals surface area contributed by atoms with Crippen molar-refractivity contribution in [3.63, 3.8) is 0 Å². The lowest BCUT2D eigenvalue weighted by atomic mass is 10.0. The zero-order chi connectivity index (χ0) is 20.6. The van der Waals surface area contributed by atoms with Crippen molar-refractivity contribution >= 4 is 5.91 Å². The molecule has 2 aromatic carbocycles. The molecular weight excluding hydrogens is 374 g/mol. The van der Waals surface area contributed by atoms with E-state index in [0.29, 0.717) is 6.54 Å². The van der Waals surface area contributed by atoms with Crippen molar-refractivity contribution in [3.8, 4) is 0 Å². The maximum Gasteiger partial charge on any atom is 0.244 e. The average Bonchev–Trinajstić information content (AvgIpc) is 2.82. The summed E-state index contributed by atoms with van der Waals surface area (Å²) in [5.74, 6) is 0.201. The van der Waals surface area contributed by atoms with Gasteiger partial charge in [-0.05, 0) is 36.0 Å². The van der Waals surface area contributed by atoms with Gasteiger partial charge in [-0.3, -0.25) is 15.0 Å². The number of hydrogen-bond donors (Lipinski definition) is 1. The molecule has 1 atom stereocenters. The Labute approximate surface area is 180 Å². The summed E-state index contributed by atoms with van der Waals surface area (Å²) < 4.78 is 5.48. The standard InChI is InChI=1S/C25H33N3O2/c29-25(28-13-7-2-8-14-28)24(21-9-3-1-4-10-21)26-19-22-11-5-6-12-23(22)20-27-15-17-30-18-16-27/h1,3-6,9-12,24,26H,2,7-8,13-20H2. The van der Waals surface area contributed by atoms with Gasteiger partial charge in [0.25, 0.3) is 0 Å². The first-order valence-electron chi connectivity index (χ1n) is 11.3. The van der Waals surface area contributed by atoms with Crippen LogP contribution in [0.3, 0.4) is 0 Å². The maximum absolute atomic E-state index is 13.4. The normalized spacial score (nSPS) is 18.9. The van der Waals surface area contributed by atoms with E-state index in [2.05, 4.69) is 46.6 Å². The van der Waals surface area contributed by atoms with Gasteiger partial charge in [-0.15, -0.1) is 0 Å². The molecule has 1 unspecified atom stereocenters. The Morgan fingerprint density at radius 2 is 1.53 bits per heavy atom. The number of rotatable bonds is 7. The number of nitrogens with one attached hydrogen (secondary N) is 1. The Balaban J connectivity index is 1.48. The van der Waals surface area contributed by atoms with E-state index in [1.165, 1.54) is 17.5 Å². The average molecular weight is 408 g/mol. The van der Waals surface area contributed by atoms with Crippen molar-refractivity contribution in [3.05, 3.63) is 71.3 Å². The summed E-state index contributed by atoms with van der Waals surface area (Å²) in [6, 6.07) is 18.4. The van der Waals surface area contributed by atoms with Crippen molar-refractivity contribution in [2.24, 2.45) is 0 Å². The molecule has 0 spiro atoms. The summed E-state index contributed by atoms with van der Waals surface area (Å²) in [7, 11) is 0. The predicted octanol–water partition coefficient (Wildman–Crippen LogP) is 3.36. The molecule has 2 aromatic rings. The van der Waals surface area contributed by atoms with Gasteiger partial charge in [-0.25, -0.2) is 0 Å². The van der Waals surface area contributed by atoms with E-state index in [1.54, 1.807) is 0 Å². The van der Waals surface area contributed by atoms with Crippen LogP contribution in [-0.4, -0.2) is 55.1 Å². The number of benzene rings is 2. The van der Waals surface area contributed by atoms with Gasteiger partial charge in [0.1, 0.15) is 6.04 Å². The number of amides is 1. The fourth-order valence-corrected chi connectivity index (χ4v) is 4.39. The van der Waals surface area contributed by atoms with Gasteiger partial charge in [0.15, 0.2) is 0 Å². The fraction of sp³-hybridized carbons (Fsp3) is 0.480. The quantitative estimate of drug-likeness (QED) is 0.764. The number of hydrogen-bond acceptors (Lipinski definition) is 4. The van der Waals surface area contributed by atoms with E-state index in [4.69, 9.17) is 4.74 Å². The van der Waals surface area contributed by atoms with E-state index in [0.717, 1.165) is 64.3 Å². The monoisotopic (exact) mass is 407 g/mol. The number of morpholine rings is 1. The van der Waals surface area contributed by atoms with Crippen LogP contribution in [0.25, 0.3) is 0 Å². The van der Waals surface area contributed by atoms with Crippen molar-refractivity contribution in [2.45, 2.75) is 38.4 Å². The first kappa shape index (κ1) is 21.0. The van der Waals surface area contributed by atoms with Gasteiger partial charge in [-0.2, -0.15) is 0 Å². The lowest BCUT2D eigenvalue weighted by Gasteiger charge is -2.31. The fourth-order valence-electron chi connectivity index (χ4n) is 4.39. The lowest BCUT2D eigenvalue weighted by molar-refractivity contribution is -0.134. The summed E-state index contributed by atoms with van der Waals surface area (Å²) in [6.45, 7) is 6.91. The third-order valence-electron chi connectivity index (χ3n) is 6.16. The molecule has 30 heavy (non-hydrogen) atoms. The highest BCUT2D eigenvalue weighted by Gasteiger charge is 2.26. The summed E-state index contributed by atoms with van der Waals surface area (Å²) in [6.07, 6.45) is 3.44. The summed E-state index contributed by atoms with van der Waals surface area (Å²) in [4.78, 5) is 17.8. The number of nitrogens with zero attached hydrogens (tertiary/aromatic N) is 2. The van der Waals surface area contributed by atoms with Crippen LogP contribution in [0, 0.1) is 0 Å². The number of likely N-dealkylation sites (tertiary alicyclic amines) is 1. The molecule has 5 nitrogen and oxygen atoms in total. The van der Waals surface area contributed by atoms with Crippen LogP contribution in [0.15, 0.2) is 54.6 Å². The third kappa shape index (κ3) is 5.48. The van der Waals surface area contributed by atoms with Gasteiger partial charge < -0.3 is 9.64 Å². The Morgan fingerprint density at radius 3 is 2.27 bits per heavy atom. The molecule has 0 saturated carbocycles. The van der Waals surface area contributed by atoms with E-state index < -0.39 is 0 Å². The smallest absolute Gasteiger partial charge is 0.244 e. The van der Waals surface area contributed by atoms with Gasteiger partial charge in [0, 0.05) is 39.3 Å². The molecule has 160 valence electrons. The molecule has 5 heteroatoms. The first-order valence-corrected chi connectivity index (χ1v) is 11.3. The minimum absolute atomic E-state index is 0.201. The summed E-state index contributed by atoms with van der Waals surface area (Å²) in [5, 5.41) is 3.59. The highest BCUT2D eigenvalue weighted by molar-refractivity contribution is 5.83. The third-order valence-corrected chi connectivity index (χ3v) is 6.16. The Kier molecular flexibility index (Phi) is 7.51. The SMILES string of the molecule is O=C(C(NCc1ccccc1CN1CCOCC1)c1ccccc1)N1CCCCC1. The van der Waals surface area contributed by atoms with Crippen LogP contribution in [0.4, 0.5) is 0 Å². The largest absolute Gasteiger partial charge is 0.379 e. The molecule has 0 bridgehead atoms. The molecule has 2 aliphatic rings. The number of carbonyl (C=O) groups excluding carboxylic acids is 1. The Hall–Kier alpha value is -2.21. The molecule has 0 aliphatic carbocycles. The van der Waals surface area contributed by atoms with Crippen molar-refractivity contribution < 1.29 is 9.53 Å². The zero-order valence-corrected chi connectivity index (χ0v) is 17.8. The number of piperidine rings is 1. The second-order valence-electron chi connectivity index (χ2n) is 8.27. The first-order chi connectivity index (χ1) is 14.8. The Morgan fingerprint density at radius 1 is 0.867 bits per heavy atom. The van der Waals surface area contributed by atoms with Gasteiger partial charge in [0.05, 0.1) is 13.2 Å². The predicted molar refractivity (Wildman–Crippen MR) is 119 cm³/mol. The topological polar surface area (TPSA) is 44.8 Å². The molecule has 0 aromatic heterocycles. The molecule has 1 N–H and O–H groups in total. The summed E-state index contributed by atoms with van der Waals surface area (Å²) in [5.41, 5.74) is 3.62. The molecule has 2 fully saturated rings. The summed E-state index contributed by atoms with van der Waals surface area (Å²) >= 11 is 0. The number of carbonyl (C=O) groups is 1. The highest BCUT2D eigenvalue weighted by atomic mass is 16.5. The van der Waals surface area contributed by atoms with Crippen LogP contribution < -0.4 is 5.32 Å². The second-order valence-corrected chi connectivity index (χ2v) is 8.27. The molecule has 2 aliphatic heterocycles. The van der Waals surface area contributed by atoms with E-state index in [9.17, 15) is 4.79 Å². The van der Waals surface area contributed by atoms with Crippen LogP contribution in [0.2, 0.25) is 0 Å². The molecular formula is C25H33N3O2. The minimum atomic E-state index is -0.305. The van der Waals surface area contributed by atoms with Gasteiger partial charge >= 0.3 is 0 Å². The van der Waals surface area contributed by atoms with Crippen LogP contribution in [-0.2, 0) is 22.6 Å². The van der Waals surface area contributed by atoms with Gasteiger partial charge in [0.2, 0.25) is 5.91 Å². The van der Waals surface area contributed by atoms with Crippen LogP contribution in [0.1, 0.15) is 42.0 Å². The molecule has 4 rings (SSSR count). The lowest BCUT2D eigenvalue weighted by Crippen LogP contribution is -2.43. The van der Waals surface area contributed by atoms with E-state index >= 15 is 0 Å². The highest BCUT2D eigenvalue weighted by Crippen LogP contribution is 2.21. The van der Waals surface area contributed by atoms with E-state index in [-0.39, 0.29) is 11.9 Å². The zero-order valence-electron chi connectivity index (χ0n) is 17.8. The minimum Gasteiger partial charge on any atom is -0.379 e. The van der Waals surface area contributed by atoms with Crippen molar-refractivity contribution in [1.29, 1.82) is 0 Å². The molecule has 2 saturated heterocycles. The molecule has 1 amide bonds. The molecule has 0 radical (unpaired) electrons. The van der Waals surface area contributed by atoms with E-state index in [1.807, 2.05) is 23.1 Å². The van der Waals surface area contributed by atoms with Crippen molar-refractivity contribution in [1.82, 2.24) is 15.1 Å².